The highest BCUT2D eigenvalue weighted by atomic mass is 16.3. The summed E-state index contributed by atoms with van der Waals surface area (Å²) in [5, 5.41) is 8.71. The Morgan fingerprint density at radius 1 is 1.75 bits per heavy atom. The Bertz CT molecular complexity index is 255. The Balaban J connectivity index is 2.85. The molecule has 4 nitrogen and oxygen atoms in total. The largest absolute Gasteiger partial charge is 0.395 e. The van der Waals surface area contributed by atoms with Gasteiger partial charge in [0, 0.05) is 18.8 Å². The molecule has 0 aromatic carbocycles. The van der Waals surface area contributed by atoms with E-state index in [0.717, 1.165) is 11.5 Å². The van der Waals surface area contributed by atoms with Gasteiger partial charge in [0.05, 0.1) is 12.3 Å². The predicted molar refractivity (Wildman–Crippen MR) is 46.7 cm³/mol. The molecule has 0 amide bonds. The molecule has 0 aliphatic carbocycles. The van der Waals surface area contributed by atoms with Crippen LogP contribution in [0.25, 0.3) is 0 Å². The summed E-state index contributed by atoms with van der Waals surface area (Å²) in [7, 11) is 0. The maximum atomic E-state index is 8.71. The molecule has 0 fully saturated rings. The molecule has 0 aliphatic rings. The van der Waals surface area contributed by atoms with Crippen LogP contribution in [0.1, 0.15) is 24.5 Å². The van der Waals surface area contributed by atoms with Gasteiger partial charge in [-0.2, -0.15) is 0 Å². The van der Waals surface area contributed by atoms with Crippen LogP contribution in [-0.4, -0.2) is 21.3 Å². The first-order valence-corrected chi connectivity index (χ1v) is 4.05. The van der Waals surface area contributed by atoms with Crippen molar-refractivity contribution in [3.63, 3.8) is 0 Å². The minimum atomic E-state index is -0.0383. The average molecular weight is 169 g/mol. The lowest BCUT2D eigenvalue weighted by atomic mass is 10.3. The van der Waals surface area contributed by atoms with E-state index in [-0.39, 0.29) is 12.6 Å². The van der Waals surface area contributed by atoms with E-state index in [9.17, 15) is 0 Å². The van der Waals surface area contributed by atoms with Crippen LogP contribution in [-0.2, 0) is 6.54 Å². The molecule has 3 N–H and O–H groups in total. The maximum absolute atomic E-state index is 8.71. The van der Waals surface area contributed by atoms with Gasteiger partial charge >= 0.3 is 0 Å². The molecule has 1 aromatic rings. The summed E-state index contributed by atoms with van der Waals surface area (Å²) in [5.74, 6) is 0.899. The van der Waals surface area contributed by atoms with Crippen LogP contribution in [0.5, 0.6) is 0 Å². The summed E-state index contributed by atoms with van der Waals surface area (Å²) in [4.78, 5) is 4.26. The monoisotopic (exact) mass is 169 g/mol. The molecule has 0 bridgehead atoms. The van der Waals surface area contributed by atoms with Gasteiger partial charge in [0.2, 0.25) is 0 Å². The summed E-state index contributed by atoms with van der Waals surface area (Å²) in [5.41, 5.74) is 6.53. The van der Waals surface area contributed by atoms with Crippen molar-refractivity contribution in [2.45, 2.75) is 26.4 Å². The van der Waals surface area contributed by atoms with Gasteiger partial charge in [0.15, 0.2) is 0 Å². The standard InChI is InChI=1S/C8H15N3O/c1-6(9)8-5-11(3-4-12)7(2)10-8/h5-6,12H,3-4,9H2,1-2H3/t6-/m1/s1. The van der Waals surface area contributed by atoms with E-state index in [1.807, 2.05) is 24.6 Å². The summed E-state index contributed by atoms with van der Waals surface area (Å²) in [6.07, 6.45) is 1.89. The van der Waals surface area contributed by atoms with Crippen LogP contribution in [0.3, 0.4) is 0 Å². The summed E-state index contributed by atoms with van der Waals surface area (Å²) < 4.78 is 1.90. The third-order valence-electron chi connectivity index (χ3n) is 1.80. The van der Waals surface area contributed by atoms with E-state index < -0.39 is 0 Å². The minimum absolute atomic E-state index is 0.0383. The van der Waals surface area contributed by atoms with E-state index >= 15 is 0 Å². The second kappa shape index (κ2) is 3.69. The molecule has 1 aromatic heterocycles. The van der Waals surface area contributed by atoms with Gasteiger partial charge in [-0.25, -0.2) is 4.98 Å². The molecule has 12 heavy (non-hydrogen) atoms. The Kier molecular flexibility index (Phi) is 2.83. The van der Waals surface area contributed by atoms with Gasteiger partial charge in [-0.1, -0.05) is 0 Å². The smallest absolute Gasteiger partial charge is 0.105 e. The zero-order chi connectivity index (χ0) is 9.14. The fourth-order valence-electron chi connectivity index (χ4n) is 1.09. The lowest BCUT2D eigenvalue weighted by molar-refractivity contribution is 0.275. The van der Waals surface area contributed by atoms with E-state index in [4.69, 9.17) is 10.8 Å². The average Bonchev–Trinajstić information content (AvgIpc) is 2.34. The van der Waals surface area contributed by atoms with Crippen molar-refractivity contribution in [1.82, 2.24) is 9.55 Å². The van der Waals surface area contributed by atoms with E-state index in [1.54, 1.807) is 0 Å². The molecule has 0 spiro atoms. The van der Waals surface area contributed by atoms with Crippen LogP contribution in [0.4, 0.5) is 0 Å². The maximum Gasteiger partial charge on any atom is 0.105 e. The first kappa shape index (κ1) is 9.22. The lowest BCUT2D eigenvalue weighted by Gasteiger charge is -1.99. The number of aliphatic hydroxyl groups excluding tert-OH is 1. The van der Waals surface area contributed by atoms with Crippen LogP contribution in [0, 0.1) is 6.92 Å². The number of nitrogens with zero attached hydrogens (tertiary/aromatic N) is 2. The first-order valence-electron chi connectivity index (χ1n) is 4.05. The van der Waals surface area contributed by atoms with Crippen LogP contribution in [0.15, 0.2) is 6.20 Å². The number of aliphatic hydroxyl groups is 1. The van der Waals surface area contributed by atoms with Crippen molar-refractivity contribution in [1.29, 1.82) is 0 Å². The van der Waals surface area contributed by atoms with Gasteiger partial charge < -0.3 is 15.4 Å². The van der Waals surface area contributed by atoms with E-state index in [1.165, 1.54) is 0 Å². The second-order valence-electron chi connectivity index (χ2n) is 2.92. The third-order valence-corrected chi connectivity index (χ3v) is 1.80. The Morgan fingerprint density at radius 3 is 2.83 bits per heavy atom. The Morgan fingerprint density at radius 2 is 2.42 bits per heavy atom. The highest BCUT2D eigenvalue weighted by Crippen LogP contribution is 2.08. The Hall–Kier alpha value is -0.870. The number of aryl methyl sites for hydroxylation is 1. The third kappa shape index (κ3) is 1.84. The number of hydrogen-bond donors (Lipinski definition) is 2. The normalized spacial score (nSPS) is 13.3. The summed E-state index contributed by atoms with van der Waals surface area (Å²) in [6.45, 7) is 4.52. The summed E-state index contributed by atoms with van der Waals surface area (Å²) >= 11 is 0. The van der Waals surface area contributed by atoms with Crippen LogP contribution in [0.2, 0.25) is 0 Å². The minimum Gasteiger partial charge on any atom is -0.395 e. The quantitative estimate of drug-likeness (QED) is 0.679. The Labute approximate surface area is 72.0 Å². The number of nitrogens with two attached hydrogens (primary N) is 1. The molecule has 0 unspecified atom stereocenters. The summed E-state index contributed by atoms with van der Waals surface area (Å²) in [6, 6.07) is -0.0383. The predicted octanol–water partition coefficient (Wildman–Crippen LogP) is 0.204. The fourth-order valence-corrected chi connectivity index (χ4v) is 1.09. The number of hydrogen-bond acceptors (Lipinski definition) is 3. The molecule has 68 valence electrons. The van der Waals surface area contributed by atoms with Crippen molar-refractivity contribution in [3.05, 3.63) is 17.7 Å². The zero-order valence-corrected chi connectivity index (χ0v) is 7.49. The second-order valence-corrected chi connectivity index (χ2v) is 2.92. The van der Waals surface area contributed by atoms with Crippen LogP contribution < -0.4 is 5.73 Å². The zero-order valence-electron chi connectivity index (χ0n) is 7.49. The van der Waals surface area contributed by atoms with Crippen LogP contribution >= 0.6 is 0 Å². The van der Waals surface area contributed by atoms with Crippen molar-refractivity contribution in [3.8, 4) is 0 Å². The highest BCUT2D eigenvalue weighted by Gasteiger charge is 2.06. The fraction of sp³-hybridized carbons (Fsp3) is 0.625. The van der Waals surface area contributed by atoms with Crippen molar-refractivity contribution < 1.29 is 5.11 Å². The van der Waals surface area contributed by atoms with E-state index in [2.05, 4.69) is 4.98 Å². The van der Waals surface area contributed by atoms with Gasteiger partial charge in [-0.15, -0.1) is 0 Å². The van der Waals surface area contributed by atoms with Gasteiger partial charge in [-0.3, -0.25) is 0 Å². The van der Waals surface area contributed by atoms with E-state index in [0.29, 0.717) is 6.54 Å². The highest BCUT2D eigenvalue weighted by molar-refractivity contribution is 5.06. The van der Waals surface area contributed by atoms with Crippen molar-refractivity contribution in [2.75, 3.05) is 6.61 Å². The van der Waals surface area contributed by atoms with Gasteiger partial charge in [0.1, 0.15) is 5.82 Å². The molecule has 1 heterocycles. The molecule has 1 rings (SSSR count). The first-order chi connectivity index (χ1) is 5.65. The number of rotatable bonds is 3. The molecular formula is C8H15N3O. The molecule has 0 aliphatic heterocycles. The lowest BCUT2D eigenvalue weighted by Crippen LogP contribution is -2.05. The molecule has 4 heteroatoms. The number of aromatic nitrogens is 2. The SMILES string of the molecule is Cc1nc([C@@H](C)N)cn1CCO. The molecule has 0 saturated carbocycles. The topological polar surface area (TPSA) is 64.1 Å². The van der Waals surface area contributed by atoms with Crippen molar-refractivity contribution >= 4 is 0 Å². The molecule has 0 saturated heterocycles. The number of imidazole rings is 1. The van der Waals surface area contributed by atoms with Gasteiger partial charge in [0.25, 0.3) is 0 Å². The van der Waals surface area contributed by atoms with Crippen molar-refractivity contribution in [2.24, 2.45) is 5.73 Å². The molecule has 0 radical (unpaired) electrons. The molecular weight excluding hydrogens is 154 g/mol. The van der Waals surface area contributed by atoms with Gasteiger partial charge in [-0.05, 0) is 13.8 Å². The molecule has 1 atom stereocenters.